The van der Waals surface area contributed by atoms with Gasteiger partial charge in [0, 0.05) is 30.2 Å². The van der Waals surface area contributed by atoms with Crippen molar-refractivity contribution in [2.75, 3.05) is 33.4 Å². The van der Waals surface area contributed by atoms with Gasteiger partial charge in [-0.05, 0) is 49.7 Å². The smallest absolute Gasteiger partial charge is 0.295 e. The maximum Gasteiger partial charge on any atom is 0.295 e. The molecule has 4 N–H and O–H groups in total. The zero-order valence-corrected chi connectivity index (χ0v) is 18.6. The minimum atomic E-state index is -4.45. The van der Waals surface area contributed by atoms with E-state index in [9.17, 15) is 17.8 Å². The second-order valence-corrected chi connectivity index (χ2v) is 8.49. The van der Waals surface area contributed by atoms with Gasteiger partial charge in [0.1, 0.15) is 23.0 Å². The molecule has 32 heavy (non-hydrogen) atoms. The summed E-state index contributed by atoms with van der Waals surface area (Å²) in [6.07, 6.45) is 3.37. The first-order valence-electron chi connectivity index (χ1n) is 10.2. The van der Waals surface area contributed by atoms with Gasteiger partial charge in [-0.2, -0.15) is 8.42 Å². The number of fused-ring (bicyclic) bond motifs is 1. The average molecular weight is 462 g/mol. The normalized spacial score (nSPS) is 11.4. The molecule has 0 radical (unpaired) electrons. The monoisotopic (exact) mass is 461 g/mol. The first-order valence-corrected chi connectivity index (χ1v) is 11.7. The number of carbonyl (C=O) groups excluding carboxylic acids is 1. The number of benzene rings is 2. The van der Waals surface area contributed by atoms with Crippen LogP contribution in [-0.2, 0) is 10.1 Å². The van der Waals surface area contributed by atoms with Crippen LogP contribution in [0.3, 0.4) is 0 Å². The summed E-state index contributed by atoms with van der Waals surface area (Å²) in [5, 5.41) is 6.93. The molecule has 2 aromatic carbocycles. The van der Waals surface area contributed by atoms with E-state index in [2.05, 4.69) is 15.6 Å². The third-order valence-corrected chi connectivity index (χ3v) is 5.77. The lowest BCUT2D eigenvalue weighted by Gasteiger charge is -2.09. The highest BCUT2D eigenvalue weighted by molar-refractivity contribution is 7.86. The topological polar surface area (TPSA) is 130 Å². The Morgan fingerprint density at radius 3 is 2.66 bits per heavy atom. The van der Waals surface area contributed by atoms with Gasteiger partial charge in [-0.1, -0.05) is 12.1 Å². The Morgan fingerprint density at radius 1 is 1.09 bits per heavy atom. The molecule has 1 heterocycles. The predicted octanol–water partition coefficient (Wildman–Crippen LogP) is 2.60. The highest BCUT2D eigenvalue weighted by Crippen LogP contribution is 2.28. The quantitative estimate of drug-likeness (QED) is 0.241. The maximum absolute atomic E-state index is 12.2. The molecule has 172 valence electrons. The molecule has 0 aliphatic carbocycles. The molecule has 10 heteroatoms. The van der Waals surface area contributed by atoms with Crippen molar-refractivity contribution < 1.29 is 27.2 Å². The Bertz CT molecular complexity index is 1160. The summed E-state index contributed by atoms with van der Waals surface area (Å²) in [6.45, 7) is 2.33. The summed E-state index contributed by atoms with van der Waals surface area (Å²) in [5.74, 6) is 1.01. The van der Waals surface area contributed by atoms with Gasteiger partial charge in [0.15, 0.2) is 0 Å². The standard InChI is InChI=1S/C22H27N3O6S/c1-30-16-8-9-19-18(14-16)20(15-25-19)31-13-12-23-10-4-5-11-24-22(26)17-6-2-3-7-21(17)32(27,28)29/h2-3,6-9,14-15,23,25H,4-5,10-13H2,1H3,(H,24,26)(H,27,28,29). The third-order valence-electron chi connectivity index (χ3n) is 4.86. The van der Waals surface area contributed by atoms with Crippen LogP contribution in [0, 0.1) is 0 Å². The van der Waals surface area contributed by atoms with E-state index in [1.165, 1.54) is 18.2 Å². The molecule has 0 spiro atoms. The molecule has 0 unspecified atom stereocenters. The Hall–Kier alpha value is -3.08. The number of rotatable bonds is 12. The van der Waals surface area contributed by atoms with Crippen molar-refractivity contribution >= 4 is 26.9 Å². The van der Waals surface area contributed by atoms with Crippen LogP contribution in [-0.4, -0.2) is 57.2 Å². The molecule has 0 fully saturated rings. The fourth-order valence-corrected chi connectivity index (χ4v) is 3.92. The van der Waals surface area contributed by atoms with E-state index in [-0.39, 0.29) is 5.56 Å². The molecule has 0 bridgehead atoms. The van der Waals surface area contributed by atoms with E-state index in [1.807, 2.05) is 24.4 Å². The van der Waals surface area contributed by atoms with Crippen molar-refractivity contribution in [2.24, 2.45) is 0 Å². The maximum atomic E-state index is 12.2. The van der Waals surface area contributed by atoms with Crippen LogP contribution in [0.25, 0.3) is 10.9 Å². The van der Waals surface area contributed by atoms with Crippen molar-refractivity contribution in [1.82, 2.24) is 15.6 Å². The second kappa shape index (κ2) is 11.0. The number of hydrogen-bond donors (Lipinski definition) is 4. The summed E-state index contributed by atoms with van der Waals surface area (Å²) in [4.78, 5) is 15.0. The van der Waals surface area contributed by atoms with E-state index in [0.29, 0.717) is 19.7 Å². The van der Waals surface area contributed by atoms with E-state index >= 15 is 0 Å². The van der Waals surface area contributed by atoms with E-state index in [0.717, 1.165) is 41.8 Å². The summed E-state index contributed by atoms with van der Waals surface area (Å²) in [7, 11) is -2.82. The third kappa shape index (κ3) is 6.22. The number of methoxy groups -OCH3 is 1. The number of amides is 1. The summed E-state index contributed by atoms with van der Waals surface area (Å²) in [6, 6.07) is 11.3. The van der Waals surface area contributed by atoms with Crippen LogP contribution in [0.5, 0.6) is 11.5 Å². The molecule has 0 atom stereocenters. The van der Waals surface area contributed by atoms with Gasteiger partial charge in [-0.15, -0.1) is 0 Å². The number of aromatic amines is 1. The van der Waals surface area contributed by atoms with E-state index in [4.69, 9.17) is 9.47 Å². The summed E-state index contributed by atoms with van der Waals surface area (Å²) >= 11 is 0. The van der Waals surface area contributed by atoms with Gasteiger partial charge in [-0.3, -0.25) is 9.35 Å². The Labute approximate surface area is 186 Å². The number of nitrogens with one attached hydrogen (secondary N) is 3. The fraction of sp³-hybridized carbons (Fsp3) is 0.318. The first kappa shape index (κ1) is 23.6. The van der Waals surface area contributed by atoms with Gasteiger partial charge < -0.3 is 25.1 Å². The zero-order chi connectivity index (χ0) is 23.0. The van der Waals surface area contributed by atoms with Crippen molar-refractivity contribution in [1.29, 1.82) is 0 Å². The van der Waals surface area contributed by atoms with E-state index in [1.54, 1.807) is 13.2 Å². The number of ether oxygens (including phenoxy) is 2. The first-order chi connectivity index (χ1) is 15.4. The lowest BCUT2D eigenvalue weighted by molar-refractivity contribution is 0.0949. The highest BCUT2D eigenvalue weighted by Gasteiger charge is 2.19. The van der Waals surface area contributed by atoms with Crippen molar-refractivity contribution in [2.45, 2.75) is 17.7 Å². The Kier molecular flexibility index (Phi) is 8.09. The molecule has 0 aliphatic heterocycles. The molecule has 3 rings (SSSR count). The number of carbonyl (C=O) groups is 1. The summed E-state index contributed by atoms with van der Waals surface area (Å²) in [5.41, 5.74) is 0.912. The van der Waals surface area contributed by atoms with Gasteiger partial charge in [0.2, 0.25) is 0 Å². The lowest BCUT2D eigenvalue weighted by Crippen LogP contribution is -2.27. The lowest BCUT2D eigenvalue weighted by atomic mass is 10.2. The molecule has 0 saturated heterocycles. The van der Waals surface area contributed by atoms with Crippen LogP contribution in [0.1, 0.15) is 23.2 Å². The Balaban J connectivity index is 1.31. The van der Waals surface area contributed by atoms with Gasteiger partial charge in [0.05, 0.1) is 12.7 Å². The van der Waals surface area contributed by atoms with Crippen molar-refractivity contribution in [3.63, 3.8) is 0 Å². The molecular weight excluding hydrogens is 434 g/mol. The van der Waals surface area contributed by atoms with Crippen LogP contribution in [0.2, 0.25) is 0 Å². The fourth-order valence-electron chi connectivity index (χ4n) is 3.23. The molecule has 3 aromatic rings. The second-order valence-electron chi connectivity index (χ2n) is 7.10. The number of H-pyrrole nitrogens is 1. The molecule has 1 aromatic heterocycles. The van der Waals surface area contributed by atoms with Gasteiger partial charge in [0.25, 0.3) is 16.0 Å². The largest absolute Gasteiger partial charge is 0.497 e. The summed E-state index contributed by atoms with van der Waals surface area (Å²) < 4.78 is 43.1. The molecule has 0 saturated carbocycles. The zero-order valence-electron chi connectivity index (χ0n) is 17.8. The van der Waals surface area contributed by atoms with Crippen molar-refractivity contribution in [3.8, 4) is 11.5 Å². The highest BCUT2D eigenvalue weighted by atomic mass is 32.2. The Morgan fingerprint density at radius 2 is 1.88 bits per heavy atom. The van der Waals surface area contributed by atoms with Crippen LogP contribution >= 0.6 is 0 Å². The average Bonchev–Trinajstić information content (AvgIpc) is 3.19. The SMILES string of the molecule is COc1ccc2[nH]cc(OCCNCCCCNC(=O)c3ccccc3S(=O)(=O)O)c2c1. The molecule has 1 amide bonds. The van der Waals surface area contributed by atoms with Gasteiger partial charge >= 0.3 is 0 Å². The predicted molar refractivity (Wildman–Crippen MR) is 121 cm³/mol. The number of aromatic nitrogens is 1. The molecule has 9 nitrogen and oxygen atoms in total. The minimum Gasteiger partial charge on any atom is -0.497 e. The van der Waals surface area contributed by atoms with E-state index < -0.39 is 20.9 Å². The van der Waals surface area contributed by atoms with Crippen LogP contribution < -0.4 is 20.1 Å². The molecular formula is C22H27N3O6S. The number of hydrogen-bond acceptors (Lipinski definition) is 6. The van der Waals surface area contributed by atoms with Crippen LogP contribution in [0.15, 0.2) is 53.6 Å². The van der Waals surface area contributed by atoms with Crippen LogP contribution in [0.4, 0.5) is 0 Å². The van der Waals surface area contributed by atoms with Crippen molar-refractivity contribution in [3.05, 3.63) is 54.2 Å². The minimum absolute atomic E-state index is 0.0693. The van der Waals surface area contributed by atoms with Gasteiger partial charge in [-0.25, -0.2) is 0 Å². The molecule has 0 aliphatic rings. The number of unbranched alkanes of at least 4 members (excludes halogenated alkanes) is 1.